The molecule has 0 aliphatic carbocycles. The van der Waals surface area contributed by atoms with E-state index in [9.17, 15) is 0 Å². The Morgan fingerprint density at radius 1 is 1.18 bits per heavy atom. The van der Waals surface area contributed by atoms with Gasteiger partial charge in [0.2, 0.25) is 0 Å². The van der Waals surface area contributed by atoms with Gasteiger partial charge in [-0.3, -0.25) is 5.10 Å². The molecule has 0 fully saturated rings. The fourth-order valence-electron chi connectivity index (χ4n) is 1.92. The summed E-state index contributed by atoms with van der Waals surface area (Å²) >= 11 is 0. The van der Waals surface area contributed by atoms with Crippen LogP contribution in [0.2, 0.25) is 0 Å². The van der Waals surface area contributed by atoms with Crippen LogP contribution in [0.3, 0.4) is 0 Å². The van der Waals surface area contributed by atoms with E-state index in [0.717, 1.165) is 29.0 Å². The number of para-hydroxylation sites is 1. The molecule has 0 unspecified atom stereocenters. The maximum absolute atomic E-state index is 5.83. The number of nitrogens with one attached hydrogen (secondary N) is 1. The van der Waals surface area contributed by atoms with Gasteiger partial charge < -0.3 is 15.2 Å². The third kappa shape index (κ3) is 1.69. The minimum Gasteiger partial charge on any atom is -0.490 e. The Bertz CT molecular complexity index is 536. The van der Waals surface area contributed by atoms with E-state index in [4.69, 9.17) is 15.2 Å². The highest BCUT2D eigenvalue weighted by atomic mass is 16.5. The smallest absolute Gasteiger partial charge is 0.169 e. The first-order valence-corrected chi connectivity index (χ1v) is 5.54. The van der Waals surface area contributed by atoms with Crippen molar-refractivity contribution >= 4 is 5.82 Å². The van der Waals surface area contributed by atoms with Crippen molar-refractivity contribution in [2.75, 3.05) is 18.9 Å². The monoisotopic (exact) mass is 231 g/mol. The summed E-state index contributed by atoms with van der Waals surface area (Å²) in [6, 6.07) is 5.78. The first-order chi connectivity index (χ1) is 8.36. The van der Waals surface area contributed by atoms with Crippen molar-refractivity contribution in [2.45, 2.75) is 6.42 Å². The number of nitrogens with zero attached hydrogens (tertiary/aromatic N) is 1. The van der Waals surface area contributed by atoms with Gasteiger partial charge in [-0.05, 0) is 6.07 Å². The third-order valence-electron chi connectivity index (χ3n) is 2.73. The van der Waals surface area contributed by atoms with Crippen LogP contribution in [0.4, 0.5) is 5.82 Å². The molecule has 0 amide bonds. The van der Waals surface area contributed by atoms with Crippen LogP contribution in [0.5, 0.6) is 11.5 Å². The van der Waals surface area contributed by atoms with E-state index in [1.807, 2.05) is 18.2 Å². The maximum Gasteiger partial charge on any atom is 0.169 e. The highest BCUT2D eigenvalue weighted by Gasteiger charge is 2.17. The van der Waals surface area contributed by atoms with Crippen LogP contribution >= 0.6 is 0 Å². The normalized spacial score (nSPS) is 14.4. The number of benzene rings is 1. The van der Waals surface area contributed by atoms with E-state index in [-0.39, 0.29) is 0 Å². The van der Waals surface area contributed by atoms with E-state index < -0.39 is 0 Å². The largest absolute Gasteiger partial charge is 0.490 e. The lowest BCUT2D eigenvalue weighted by atomic mass is 10.1. The van der Waals surface area contributed by atoms with Gasteiger partial charge in [-0.15, -0.1) is 0 Å². The Morgan fingerprint density at radius 2 is 2.06 bits per heavy atom. The molecule has 0 spiro atoms. The van der Waals surface area contributed by atoms with Gasteiger partial charge >= 0.3 is 0 Å². The highest BCUT2D eigenvalue weighted by Crippen LogP contribution is 2.40. The van der Waals surface area contributed by atoms with Crippen LogP contribution in [-0.2, 0) is 0 Å². The number of aromatic nitrogens is 2. The molecule has 3 N–H and O–H groups in total. The van der Waals surface area contributed by atoms with E-state index in [1.54, 1.807) is 6.20 Å². The standard InChI is InChI=1S/C12H13N3O2/c13-12-9(7-14-15-12)8-3-1-4-10-11(8)17-6-2-5-16-10/h1,3-4,7H,2,5-6H2,(H3,13,14,15). The number of nitrogen functional groups attached to an aromatic ring is 1. The van der Waals surface area contributed by atoms with Crippen molar-refractivity contribution in [3.63, 3.8) is 0 Å². The molecular weight excluding hydrogens is 218 g/mol. The van der Waals surface area contributed by atoms with E-state index >= 15 is 0 Å². The molecule has 3 rings (SSSR count). The number of hydrogen-bond donors (Lipinski definition) is 2. The summed E-state index contributed by atoms with van der Waals surface area (Å²) < 4.78 is 11.4. The number of H-pyrrole nitrogens is 1. The Morgan fingerprint density at radius 3 is 2.88 bits per heavy atom. The number of fused-ring (bicyclic) bond motifs is 1. The number of nitrogens with two attached hydrogens (primary N) is 1. The molecule has 0 saturated heterocycles. The van der Waals surface area contributed by atoms with Crippen LogP contribution in [-0.4, -0.2) is 23.4 Å². The van der Waals surface area contributed by atoms with Crippen LogP contribution in [0.25, 0.3) is 11.1 Å². The minimum absolute atomic E-state index is 0.534. The molecule has 88 valence electrons. The number of ether oxygens (including phenoxy) is 2. The molecule has 0 atom stereocenters. The van der Waals surface area contributed by atoms with Crippen molar-refractivity contribution in [1.29, 1.82) is 0 Å². The van der Waals surface area contributed by atoms with E-state index in [0.29, 0.717) is 19.0 Å². The Kier molecular flexibility index (Phi) is 2.36. The predicted molar refractivity (Wildman–Crippen MR) is 64.0 cm³/mol. The second-order valence-corrected chi connectivity index (χ2v) is 3.88. The molecule has 5 heteroatoms. The SMILES string of the molecule is Nc1[nH]ncc1-c1cccc2c1OCCCO2. The molecule has 17 heavy (non-hydrogen) atoms. The van der Waals surface area contributed by atoms with Gasteiger partial charge in [0.1, 0.15) is 5.82 Å². The first-order valence-electron chi connectivity index (χ1n) is 5.54. The van der Waals surface area contributed by atoms with Crippen LogP contribution in [0.15, 0.2) is 24.4 Å². The van der Waals surface area contributed by atoms with Gasteiger partial charge in [0, 0.05) is 17.5 Å². The summed E-state index contributed by atoms with van der Waals surface area (Å²) in [6.45, 7) is 1.33. The summed E-state index contributed by atoms with van der Waals surface area (Å²) in [5.74, 6) is 2.05. The number of rotatable bonds is 1. The van der Waals surface area contributed by atoms with Crippen molar-refractivity contribution in [2.24, 2.45) is 0 Å². The number of anilines is 1. The molecule has 2 aromatic rings. The number of hydrogen-bond acceptors (Lipinski definition) is 4. The molecule has 0 saturated carbocycles. The lowest BCUT2D eigenvalue weighted by molar-refractivity contribution is 0.297. The quantitative estimate of drug-likeness (QED) is 0.785. The fourth-order valence-corrected chi connectivity index (χ4v) is 1.92. The molecule has 2 heterocycles. The maximum atomic E-state index is 5.83. The van der Waals surface area contributed by atoms with E-state index in [2.05, 4.69) is 10.2 Å². The Hall–Kier alpha value is -2.17. The second-order valence-electron chi connectivity index (χ2n) is 3.88. The third-order valence-corrected chi connectivity index (χ3v) is 2.73. The van der Waals surface area contributed by atoms with Crippen molar-refractivity contribution in [3.8, 4) is 22.6 Å². The Balaban J connectivity index is 2.14. The van der Waals surface area contributed by atoms with Gasteiger partial charge in [0.05, 0.1) is 19.4 Å². The van der Waals surface area contributed by atoms with Gasteiger partial charge in [0.15, 0.2) is 11.5 Å². The van der Waals surface area contributed by atoms with E-state index in [1.165, 1.54) is 0 Å². The number of aromatic amines is 1. The lowest BCUT2D eigenvalue weighted by Gasteiger charge is -2.11. The summed E-state index contributed by atoms with van der Waals surface area (Å²) in [7, 11) is 0. The van der Waals surface area contributed by atoms with Crippen LogP contribution < -0.4 is 15.2 Å². The molecule has 1 aliphatic rings. The lowest BCUT2D eigenvalue weighted by Crippen LogP contribution is -1.98. The zero-order valence-electron chi connectivity index (χ0n) is 9.27. The highest BCUT2D eigenvalue weighted by molar-refractivity contribution is 5.80. The predicted octanol–water partition coefficient (Wildman–Crippen LogP) is 1.82. The fraction of sp³-hybridized carbons (Fsp3) is 0.250. The summed E-state index contributed by atoms with van der Waals surface area (Å²) in [6.07, 6.45) is 2.58. The molecule has 1 aromatic carbocycles. The molecule has 0 radical (unpaired) electrons. The van der Waals surface area contributed by atoms with Gasteiger partial charge in [-0.25, -0.2) is 0 Å². The summed E-state index contributed by atoms with van der Waals surface area (Å²) in [5.41, 5.74) is 7.58. The van der Waals surface area contributed by atoms with Gasteiger partial charge in [-0.1, -0.05) is 12.1 Å². The zero-order chi connectivity index (χ0) is 11.7. The van der Waals surface area contributed by atoms with Gasteiger partial charge in [-0.2, -0.15) is 5.10 Å². The van der Waals surface area contributed by atoms with Crippen molar-refractivity contribution in [3.05, 3.63) is 24.4 Å². The molecule has 0 bridgehead atoms. The van der Waals surface area contributed by atoms with Gasteiger partial charge in [0.25, 0.3) is 0 Å². The second kappa shape index (κ2) is 4.01. The van der Waals surface area contributed by atoms with Crippen molar-refractivity contribution in [1.82, 2.24) is 10.2 Å². The zero-order valence-corrected chi connectivity index (χ0v) is 9.27. The van der Waals surface area contributed by atoms with Crippen LogP contribution in [0.1, 0.15) is 6.42 Å². The first kappa shape index (κ1) is 10.0. The molecule has 5 nitrogen and oxygen atoms in total. The van der Waals surface area contributed by atoms with Crippen LogP contribution in [0, 0.1) is 0 Å². The summed E-state index contributed by atoms with van der Waals surface area (Å²) in [5, 5.41) is 6.65. The summed E-state index contributed by atoms with van der Waals surface area (Å²) in [4.78, 5) is 0. The molecule has 1 aliphatic heterocycles. The Labute approximate surface area is 98.5 Å². The van der Waals surface area contributed by atoms with Crippen molar-refractivity contribution < 1.29 is 9.47 Å². The minimum atomic E-state index is 0.534. The average Bonchev–Trinajstić information content (AvgIpc) is 2.63. The molecular formula is C12H13N3O2. The average molecular weight is 231 g/mol. The topological polar surface area (TPSA) is 73.2 Å². The molecule has 1 aromatic heterocycles.